The summed E-state index contributed by atoms with van der Waals surface area (Å²) < 4.78 is 0. The molecule has 0 aliphatic carbocycles. The minimum atomic E-state index is -0.889. The summed E-state index contributed by atoms with van der Waals surface area (Å²) >= 11 is 0.973. The molecule has 1 atom stereocenters. The highest BCUT2D eigenvalue weighted by Gasteiger charge is 2.27. The van der Waals surface area contributed by atoms with Gasteiger partial charge in [0, 0.05) is 25.4 Å². The molecule has 0 unspecified atom stereocenters. The molecular formula is C13H19N3O3S. The van der Waals surface area contributed by atoms with Gasteiger partial charge in [0.05, 0.1) is 0 Å². The van der Waals surface area contributed by atoms with Crippen molar-refractivity contribution in [2.24, 2.45) is 0 Å². The van der Waals surface area contributed by atoms with Crippen molar-refractivity contribution in [1.82, 2.24) is 14.9 Å². The van der Waals surface area contributed by atoms with Crippen LogP contribution in [0.3, 0.4) is 0 Å². The van der Waals surface area contributed by atoms with Crippen molar-refractivity contribution in [1.29, 1.82) is 0 Å². The number of H-pyrrole nitrogens is 1. The highest BCUT2D eigenvalue weighted by Crippen LogP contribution is 2.21. The number of rotatable bonds is 5. The third kappa shape index (κ3) is 3.69. The van der Waals surface area contributed by atoms with Gasteiger partial charge in [-0.05, 0) is 20.3 Å². The lowest BCUT2D eigenvalue weighted by atomic mass is 10.2. The first-order valence-corrected chi connectivity index (χ1v) is 7.14. The lowest BCUT2D eigenvalue weighted by Gasteiger charge is -2.17. The first kappa shape index (κ1) is 16.4. The first-order valence-electron chi connectivity index (χ1n) is 6.26. The summed E-state index contributed by atoms with van der Waals surface area (Å²) in [4.78, 5) is 43.6. The Bertz CT molecular complexity index is 581. The standard InChI is InChI=1S/C13H19N3O3S/c1-6-9-7(2)14-13(15-11(9)18)20-10(8(3)17)12(19)16(4)5/h10H,6H2,1-5H3,(H,14,15,18)/t10-/m1/s1. The van der Waals surface area contributed by atoms with Crippen LogP contribution in [-0.4, -0.2) is 45.9 Å². The maximum absolute atomic E-state index is 11.9. The van der Waals surface area contributed by atoms with Crippen LogP contribution in [-0.2, 0) is 16.0 Å². The number of nitrogens with one attached hydrogen (secondary N) is 1. The summed E-state index contributed by atoms with van der Waals surface area (Å²) in [6.07, 6.45) is 0.589. The van der Waals surface area contributed by atoms with Crippen molar-refractivity contribution in [2.75, 3.05) is 14.1 Å². The second-order valence-electron chi connectivity index (χ2n) is 4.63. The third-order valence-corrected chi connectivity index (χ3v) is 4.00. The Morgan fingerprint density at radius 1 is 1.40 bits per heavy atom. The molecule has 1 amide bonds. The monoisotopic (exact) mass is 297 g/mol. The molecule has 0 aliphatic heterocycles. The Morgan fingerprint density at radius 3 is 2.40 bits per heavy atom. The van der Waals surface area contributed by atoms with E-state index in [1.54, 1.807) is 21.0 Å². The van der Waals surface area contributed by atoms with Gasteiger partial charge in [-0.3, -0.25) is 14.4 Å². The molecule has 6 nitrogen and oxygen atoms in total. The van der Waals surface area contributed by atoms with Crippen LogP contribution in [0.2, 0.25) is 0 Å². The van der Waals surface area contributed by atoms with E-state index in [2.05, 4.69) is 9.97 Å². The molecule has 0 aromatic carbocycles. The minimum absolute atomic E-state index is 0.220. The summed E-state index contributed by atoms with van der Waals surface area (Å²) in [7, 11) is 3.17. The Kier molecular flexibility index (Phi) is 5.50. The summed E-state index contributed by atoms with van der Waals surface area (Å²) in [6.45, 7) is 4.97. The Labute approximate surface area is 122 Å². The van der Waals surface area contributed by atoms with E-state index < -0.39 is 5.25 Å². The molecule has 0 radical (unpaired) electrons. The fourth-order valence-corrected chi connectivity index (χ4v) is 2.75. The molecule has 0 spiro atoms. The number of Topliss-reactive ketones (excluding diaryl/α,β-unsaturated/α-hetero) is 1. The smallest absolute Gasteiger partial charge is 0.254 e. The Balaban J connectivity index is 3.10. The van der Waals surface area contributed by atoms with E-state index in [0.717, 1.165) is 11.8 Å². The van der Waals surface area contributed by atoms with Gasteiger partial charge in [-0.25, -0.2) is 4.98 Å². The van der Waals surface area contributed by atoms with Crippen LogP contribution in [0, 0.1) is 6.92 Å². The number of amides is 1. The number of hydrogen-bond acceptors (Lipinski definition) is 5. The van der Waals surface area contributed by atoms with Gasteiger partial charge in [0.15, 0.2) is 10.9 Å². The van der Waals surface area contributed by atoms with Crippen molar-refractivity contribution >= 4 is 23.5 Å². The normalized spacial score (nSPS) is 12.1. The number of thioether (sulfide) groups is 1. The molecule has 1 aromatic heterocycles. The molecule has 1 N–H and O–H groups in total. The van der Waals surface area contributed by atoms with E-state index in [1.165, 1.54) is 11.8 Å². The first-order chi connectivity index (χ1) is 9.27. The zero-order chi connectivity index (χ0) is 15.4. The fourth-order valence-electron chi connectivity index (χ4n) is 1.71. The van der Waals surface area contributed by atoms with Crippen molar-refractivity contribution < 1.29 is 9.59 Å². The van der Waals surface area contributed by atoms with Gasteiger partial charge in [0.1, 0.15) is 5.25 Å². The molecule has 0 aliphatic rings. The third-order valence-electron chi connectivity index (χ3n) is 2.82. The van der Waals surface area contributed by atoms with Crippen LogP contribution in [0.5, 0.6) is 0 Å². The van der Waals surface area contributed by atoms with E-state index in [-0.39, 0.29) is 17.2 Å². The number of nitrogens with zero attached hydrogens (tertiary/aromatic N) is 2. The van der Waals surface area contributed by atoms with Crippen LogP contribution < -0.4 is 5.56 Å². The SMILES string of the molecule is CCc1c(C)nc(S[C@H](C(C)=O)C(=O)N(C)C)[nH]c1=O. The molecule has 0 bridgehead atoms. The van der Waals surface area contributed by atoms with Crippen LogP contribution in [0.1, 0.15) is 25.1 Å². The van der Waals surface area contributed by atoms with Gasteiger partial charge < -0.3 is 9.88 Å². The van der Waals surface area contributed by atoms with Crippen molar-refractivity contribution in [3.63, 3.8) is 0 Å². The van der Waals surface area contributed by atoms with E-state index in [1.807, 2.05) is 6.92 Å². The molecule has 20 heavy (non-hydrogen) atoms. The zero-order valence-electron chi connectivity index (χ0n) is 12.3. The number of aromatic nitrogens is 2. The summed E-state index contributed by atoms with van der Waals surface area (Å²) in [5, 5.41) is -0.597. The lowest BCUT2D eigenvalue weighted by molar-refractivity contribution is -0.132. The van der Waals surface area contributed by atoms with E-state index in [4.69, 9.17) is 0 Å². The largest absolute Gasteiger partial charge is 0.347 e. The summed E-state index contributed by atoms with van der Waals surface area (Å²) in [6, 6.07) is 0. The van der Waals surface area contributed by atoms with Gasteiger partial charge in [0.25, 0.3) is 5.56 Å². The van der Waals surface area contributed by atoms with Gasteiger partial charge in [-0.2, -0.15) is 0 Å². The summed E-state index contributed by atoms with van der Waals surface area (Å²) in [5.74, 6) is -0.587. The molecule has 0 fully saturated rings. The average molecular weight is 297 g/mol. The average Bonchev–Trinajstić information content (AvgIpc) is 2.34. The van der Waals surface area contributed by atoms with Crippen LogP contribution in [0.15, 0.2) is 9.95 Å². The Hall–Kier alpha value is -1.63. The van der Waals surface area contributed by atoms with Crippen LogP contribution in [0.25, 0.3) is 0 Å². The second kappa shape index (κ2) is 6.69. The van der Waals surface area contributed by atoms with Crippen LogP contribution >= 0.6 is 11.8 Å². The predicted molar refractivity (Wildman–Crippen MR) is 78.0 cm³/mol. The maximum atomic E-state index is 11.9. The molecule has 0 saturated heterocycles. The Morgan fingerprint density at radius 2 is 2.00 bits per heavy atom. The number of carbonyl (C=O) groups excluding carboxylic acids is 2. The highest BCUT2D eigenvalue weighted by molar-refractivity contribution is 8.01. The summed E-state index contributed by atoms with van der Waals surface area (Å²) in [5.41, 5.74) is 1.02. The molecule has 1 rings (SSSR count). The van der Waals surface area contributed by atoms with E-state index in [9.17, 15) is 14.4 Å². The molecule has 1 aromatic rings. The molecular weight excluding hydrogens is 278 g/mol. The number of aryl methyl sites for hydroxylation is 1. The quantitative estimate of drug-likeness (QED) is 0.493. The second-order valence-corrected chi connectivity index (χ2v) is 5.72. The van der Waals surface area contributed by atoms with Gasteiger partial charge in [0.2, 0.25) is 5.91 Å². The van der Waals surface area contributed by atoms with Crippen LogP contribution in [0.4, 0.5) is 0 Å². The predicted octanol–water partition coefficient (Wildman–Crippen LogP) is 0.779. The number of ketones is 1. The number of hydrogen-bond donors (Lipinski definition) is 1. The fraction of sp³-hybridized carbons (Fsp3) is 0.538. The molecule has 7 heteroatoms. The topological polar surface area (TPSA) is 83.1 Å². The van der Waals surface area contributed by atoms with Crippen molar-refractivity contribution in [3.8, 4) is 0 Å². The van der Waals surface area contributed by atoms with E-state index >= 15 is 0 Å². The van der Waals surface area contributed by atoms with Gasteiger partial charge in [-0.1, -0.05) is 18.7 Å². The highest BCUT2D eigenvalue weighted by atomic mass is 32.2. The van der Waals surface area contributed by atoms with Crippen molar-refractivity contribution in [2.45, 2.75) is 37.6 Å². The molecule has 0 saturated carbocycles. The van der Waals surface area contributed by atoms with Gasteiger partial charge in [-0.15, -0.1) is 0 Å². The number of aromatic amines is 1. The number of carbonyl (C=O) groups is 2. The molecule has 1 heterocycles. The van der Waals surface area contributed by atoms with Crippen molar-refractivity contribution in [3.05, 3.63) is 21.6 Å². The van der Waals surface area contributed by atoms with Gasteiger partial charge >= 0.3 is 0 Å². The maximum Gasteiger partial charge on any atom is 0.254 e. The van der Waals surface area contributed by atoms with E-state index in [0.29, 0.717) is 22.8 Å². The minimum Gasteiger partial charge on any atom is -0.347 e. The molecule has 110 valence electrons. The zero-order valence-corrected chi connectivity index (χ0v) is 13.1. The lowest BCUT2D eigenvalue weighted by Crippen LogP contribution is -2.36.